The zero-order valence-corrected chi connectivity index (χ0v) is 11.3. The van der Waals surface area contributed by atoms with E-state index < -0.39 is 0 Å². The molecule has 0 bridgehead atoms. The Morgan fingerprint density at radius 3 is 2.53 bits per heavy atom. The van der Waals surface area contributed by atoms with Gasteiger partial charge >= 0.3 is 0 Å². The van der Waals surface area contributed by atoms with E-state index >= 15 is 0 Å². The monoisotopic (exact) mass is 271 g/mol. The molecule has 0 N–H and O–H groups in total. The lowest BCUT2D eigenvalue weighted by Gasteiger charge is -2.33. The number of nitrogens with zero attached hydrogens (tertiary/aromatic N) is 1. The molecule has 2 rings (SSSR count). The standard InChI is InChI=1S/C13H15Cl2NO/c1-9-5-2-3-8-16(9)13(17)12-10(14)6-4-7-11(12)15/h4,6-7,9H,2-3,5,8H2,1H3/t9-/m0/s1. The molecule has 0 aromatic heterocycles. The summed E-state index contributed by atoms with van der Waals surface area (Å²) >= 11 is 12.1. The van der Waals surface area contributed by atoms with Gasteiger partial charge in [-0.3, -0.25) is 4.79 Å². The average Bonchev–Trinajstić information content (AvgIpc) is 2.29. The minimum absolute atomic E-state index is 0.0483. The van der Waals surface area contributed by atoms with Crippen LogP contribution in [0.15, 0.2) is 18.2 Å². The molecule has 1 aromatic carbocycles. The third-order valence-electron chi connectivity index (χ3n) is 3.24. The molecule has 0 radical (unpaired) electrons. The van der Waals surface area contributed by atoms with Crippen molar-refractivity contribution in [2.75, 3.05) is 6.54 Å². The van der Waals surface area contributed by atoms with Crippen molar-refractivity contribution in [3.05, 3.63) is 33.8 Å². The Kier molecular flexibility index (Phi) is 3.95. The highest BCUT2D eigenvalue weighted by Gasteiger charge is 2.26. The summed E-state index contributed by atoms with van der Waals surface area (Å²) in [5.74, 6) is -0.0483. The SMILES string of the molecule is C[C@H]1CCCCN1C(=O)c1c(Cl)cccc1Cl. The molecule has 1 saturated heterocycles. The summed E-state index contributed by atoms with van der Waals surface area (Å²) in [5, 5.41) is 0.862. The van der Waals surface area contributed by atoms with Gasteiger partial charge in [0, 0.05) is 12.6 Å². The van der Waals surface area contributed by atoms with E-state index in [2.05, 4.69) is 6.92 Å². The Labute approximate surface area is 112 Å². The number of amides is 1. The quantitative estimate of drug-likeness (QED) is 0.756. The van der Waals surface area contributed by atoms with Crippen LogP contribution < -0.4 is 0 Å². The maximum absolute atomic E-state index is 12.4. The van der Waals surface area contributed by atoms with E-state index in [0.29, 0.717) is 15.6 Å². The number of likely N-dealkylation sites (tertiary alicyclic amines) is 1. The Hall–Kier alpha value is -0.730. The highest BCUT2D eigenvalue weighted by Crippen LogP contribution is 2.28. The molecular weight excluding hydrogens is 257 g/mol. The molecule has 0 spiro atoms. The van der Waals surface area contributed by atoms with Crippen LogP contribution in [0.4, 0.5) is 0 Å². The van der Waals surface area contributed by atoms with Crippen molar-refractivity contribution < 1.29 is 4.79 Å². The summed E-state index contributed by atoms with van der Waals surface area (Å²) in [7, 11) is 0. The van der Waals surface area contributed by atoms with Gasteiger partial charge in [-0.2, -0.15) is 0 Å². The van der Waals surface area contributed by atoms with Crippen LogP contribution in [0.5, 0.6) is 0 Å². The van der Waals surface area contributed by atoms with Gasteiger partial charge in [0.25, 0.3) is 5.91 Å². The topological polar surface area (TPSA) is 20.3 Å². The predicted octanol–water partition coefficient (Wildman–Crippen LogP) is 4.01. The van der Waals surface area contributed by atoms with Gasteiger partial charge in [-0.05, 0) is 38.3 Å². The van der Waals surface area contributed by atoms with Crippen LogP contribution in [0.2, 0.25) is 10.0 Å². The summed E-state index contributed by atoms with van der Waals surface area (Å²) in [6.07, 6.45) is 3.28. The van der Waals surface area contributed by atoms with Gasteiger partial charge in [0.2, 0.25) is 0 Å². The summed E-state index contributed by atoms with van der Waals surface area (Å²) < 4.78 is 0. The van der Waals surface area contributed by atoms with Gasteiger partial charge in [0.15, 0.2) is 0 Å². The molecule has 1 aliphatic rings. The summed E-state index contributed by atoms with van der Waals surface area (Å²) in [6, 6.07) is 5.43. The largest absolute Gasteiger partial charge is 0.336 e. The van der Waals surface area contributed by atoms with E-state index in [1.165, 1.54) is 6.42 Å². The highest BCUT2D eigenvalue weighted by molar-refractivity contribution is 6.39. The summed E-state index contributed by atoms with van der Waals surface area (Å²) in [5.41, 5.74) is 0.435. The molecule has 0 saturated carbocycles. The van der Waals surface area contributed by atoms with E-state index in [-0.39, 0.29) is 11.9 Å². The maximum atomic E-state index is 12.4. The van der Waals surface area contributed by atoms with Gasteiger partial charge in [-0.25, -0.2) is 0 Å². The molecule has 2 nitrogen and oxygen atoms in total. The van der Waals surface area contributed by atoms with Crippen molar-refractivity contribution in [3.8, 4) is 0 Å². The Morgan fingerprint density at radius 2 is 1.94 bits per heavy atom. The van der Waals surface area contributed by atoms with Gasteiger partial charge in [-0.15, -0.1) is 0 Å². The lowest BCUT2D eigenvalue weighted by molar-refractivity contribution is 0.0636. The summed E-state index contributed by atoms with van der Waals surface area (Å²) in [4.78, 5) is 14.3. The first-order valence-electron chi connectivity index (χ1n) is 5.86. The predicted molar refractivity (Wildman–Crippen MR) is 70.8 cm³/mol. The zero-order valence-electron chi connectivity index (χ0n) is 9.75. The summed E-state index contributed by atoms with van der Waals surface area (Å²) in [6.45, 7) is 2.86. The third kappa shape index (κ3) is 2.58. The molecule has 1 aromatic rings. The molecule has 1 atom stereocenters. The second-order valence-electron chi connectivity index (χ2n) is 4.44. The number of rotatable bonds is 1. The fraction of sp³-hybridized carbons (Fsp3) is 0.462. The number of hydrogen-bond acceptors (Lipinski definition) is 1. The van der Waals surface area contributed by atoms with Crippen molar-refractivity contribution in [2.45, 2.75) is 32.2 Å². The number of halogens is 2. The molecule has 92 valence electrons. The zero-order chi connectivity index (χ0) is 12.4. The van der Waals surface area contributed by atoms with Gasteiger partial charge < -0.3 is 4.90 Å². The van der Waals surface area contributed by atoms with Crippen molar-refractivity contribution >= 4 is 29.1 Å². The lowest BCUT2D eigenvalue weighted by atomic mass is 10.0. The molecule has 1 heterocycles. The van der Waals surface area contributed by atoms with Crippen LogP contribution in [-0.4, -0.2) is 23.4 Å². The van der Waals surface area contributed by atoms with Crippen LogP contribution >= 0.6 is 23.2 Å². The van der Waals surface area contributed by atoms with Crippen molar-refractivity contribution in [2.24, 2.45) is 0 Å². The first kappa shape index (κ1) is 12.7. The van der Waals surface area contributed by atoms with Crippen LogP contribution in [-0.2, 0) is 0 Å². The van der Waals surface area contributed by atoms with Crippen molar-refractivity contribution in [1.29, 1.82) is 0 Å². The lowest BCUT2D eigenvalue weighted by Crippen LogP contribution is -2.42. The van der Waals surface area contributed by atoms with Gasteiger partial charge in [0.1, 0.15) is 0 Å². The maximum Gasteiger partial charge on any atom is 0.257 e. The van der Waals surface area contributed by atoms with Gasteiger partial charge in [0.05, 0.1) is 15.6 Å². The number of carbonyl (C=O) groups excluding carboxylic acids is 1. The third-order valence-corrected chi connectivity index (χ3v) is 3.87. The fourth-order valence-corrected chi connectivity index (χ4v) is 2.80. The Balaban J connectivity index is 2.30. The molecule has 1 amide bonds. The molecule has 1 fully saturated rings. The molecular formula is C13H15Cl2NO. The fourth-order valence-electron chi connectivity index (χ4n) is 2.25. The van der Waals surface area contributed by atoms with E-state index in [1.807, 2.05) is 4.90 Å². The van der Waals surface area contributed by atoms with E-state index in [9.17, 15) is 4.79 Å². The van der Waals surface area contributed by atoms with Crippen LogP contribution in [0.3, 0.4) is 0 Å². The number of benzene rings is 1. The highest BCUT2D eigenvalue weighted by atomic mass is 35.5. The van der Waals surface area contributed by atoms with Crippen LogP contribution in [0.1, 0.15) is 36.5 Å². The van der Waals surface area contributed by atoms with Crippen LogP contribution in [0, 0.1) is 0 Å². The first-order chi connectivity index (χ1) is 8.11. The Bertz CT molecular complexity index is 413. The van der Waals surface area contributed by atoms with Crippen molar-refractivity contribution in [3.63, 3.8) is 0 Å². The number of carbonyl (C=O) groups is 1. The average molecular weight is 272 g/mol. The molecule has 1 aliphatic heterocycles. The second-order valence-corrected chi connectivity index (χ2v) is 5.25. The number of piperidine rings is 1. The van der Waals surface area contributed by atoms with Crippen molar-refractivity contribution in [1.82, 2.24) is 4.90 Å². The van der Waals surface area contributed by atoms with E-state index in [1.54, 1.807) is 18.2 Å². The second kappa shape index (κ2) is 5.28. The minimum Gasteiger partial charge on any atom is -0.336 e. The van der Waals surface area contributed by atoms with Crippen LogP contribution in [0.25, 0.3) is 0 Å². The Morgan fingerprint density at radius 1 is 1.29 bits per heavy atom. The van der Waals surface area contributed by atoms with E-state index in [0.717, 1.165) is 19.4 Å². The smallest absolute Gasteiger partial charge is 0.257 e. The van der Waals surface area contributed by atoms with Gasteiger partial charge in [-0.1, -0.05) is 29.3 Å². The molecule has 4 heteroatoms. The minimum atomic E-state index is -0.0483. The number of hydrogen-bond donors (Lipinski definition) is 0. The molecule has 17 heavy (non-hydrogen) atoms. The van der Waals surface area contributed by atoms with E-state index in [4.69, 9.17) is 23.2 Å². The molecule has 0 aliphatic carbocycles. The first-order valence-corrected chi connectivity index (χ1v) is 6.62. The molecule has 0 unspecified atom stereocenters. The normalized spacial score (nSPS) is 20.4.